The van der Waals surface area contributed by atoms with Crippen LogP contribution in [0.25, 0.3) is 16.3 Å². The van der Waals surface area contributed by atoms with Gasteiger partial charge >= 0.3 is 0 Å². The van der Waals surface area contributed by atoms with Crippen LogP contribution in [0, 0.1) is 0 Å². The van der Waals surface area contributed by atoms with E-state index in [9.17, 15) is 0 Å². The van der Waals surface area contributed by atoms with Crippen molar-refractivity contribution in [2.24, 2.45) is 0 Å². The molecule has 6 rings (SSSR count). The van der Waals surface area contributed by atoms with Crippen LogP contribution >= 0.6 is 23.1 Å². The lowest BCUT2D eigenvalue weighted by atomic mass is 10.1. The van der Waals surface area contributed by atoms with Gasteiger partial charge in [0.05, 0.1) is 10.7 Å². The Labute approximate surface area is 252 Å². The molecule has 1 aliphatic heterocycles. The minimum atomic E-state index is 1.01. The predicted molar refractivity (Wildman–Crippen MR) is 177 cm³/mol. The fourth-order valence-corrected chi connectivity index (χ4v) is 7.53. The topological polar surface area (TPSA) is 7.12 Å². The molecule has 41 heavy (non-hydrogen) atoms. The monoisotopic (exact) mass is 571 g/mol. The first-order valence-corrected chi connectivity index (χ1v) is 16.1. The molecule has 0 aliphatic carbocycles. The molecule has 204 valence electrons. The standard InChI is InChI=1S/C37H35N2S2/c1-4-16-30(17-5-1)20-14-28-38-32-22-10-12-24-34(32)40-36(38)26-8-3-9-27-37-39(33-23-11-13-25-35(33)41-37)29-15-21-31-18-6-2-7-19-31/h1-13,16-19,22-27H,14-15,20-21,28-29H2/q+1. The second-order valence-electron chi connectivity index (χ2n) is 10.2. The first kappa shape index (κ1) is 27.3. The normalized spacial score (nSPS) is 14.1. The van der Waals surface area contributed by atoms with Gasteiger partial charge in [-0.3, -0.25) is 0 Å². The summed E-state index contributed by atoms with van der Waals surface area (Å²) in [4.78, 5) is 3.81. The first-order valence-electron chi connectivity index (χ1n) is 14.4. The number of nitrogens with zero attached hydrogens (tertiary/aromatic N) is 2. The molecule has 0 atom stereocenters. The molecule has 0 bridgehead atoms. The van der Waals surface area contributed by atoms with Crippen molar-refractivity contribution in [3.8, 4) is 0 Å². The Hall–Kier alpha value is -3.86. The van der Waals surface area contributed by atoms with Gasteiger partial charge in [-0.2, -0.15) is 4.57 Å². The number of benzene rings is 4. The summed E-state index contributed by atoms with van der Waals surface area (Å²) in [5, 5.41) is 2.59. The zero-order valence-corrected chi connectivity index (χ0v) is 24.9. The van der Waals surface area contributed by atoms with Crippen LogP contribution in [0.4, 0.5) is 5.69 Å². The SMILES string of the molecule is C(/C=C/C=C/c1sc2ccccc2[n+]1CCCc1ccccc1)=C1/Sc2ccccc2N1CCCc1ccccc1. The third-order valence-corrected chi connectivity index (χ3v) is 9.61. The van der Waals surface area contributed by atoms with Crippen molar-refractivity contribution in [1.29, 1.82) is 0 Å². The number of thioether (sulfide) groups is 1. The maximum absolute atomic E-state index is 2.48. The number of allylic oxidation sites excluding steroid dienone is 4. The number of aromatic nitrogens is 1. The average molecular weight is 572 g/mol. The molecule has 4 heteroatoms. The van der Waals surface area contributed by atoms with Crippen LogP contribution in [-0.2, 0) is 19.4 Å². The summed E-state index contributed by atoms with van der Waals surface area (Å²) in [6, 6.07) is 39.1. The molecule has 5 aromatic rings. The van der Waals surface area contributed by atoms with E-state index < -0.39 is 0 Å². The minimum absolute atomic E-state index is 1.01. The Bertz CT molecular complexity index is 1670. The van der Waals surface area contributed by atoms with Gasteiger partial charge in [0.2, 0.25) is 5.52 Å². The number of hydrogen-bond acceptors (Lipinski definition) is 3. The average Bonchev–Trinajstić information content (AvgIpc) is 3.55. The van der Waals surface area contributed by atoms with Crippen molar-refractivity contribution < 1.29 is 4.57 Å². The Morgan fingerprint density at radius 3 is 2.15 bits per heavy atom. The minimum Gasteiger partial charge on any atom is -0.335 e. The van der Waals surface area contributed by atoms with Crippen LogP contribution in [0.2, 0.25) is 0 Å². The van der Waals surface area contributed by atoms with Crippen molar-refractivity contribution in [2.75, 3.05) is 11.4 Å². The predicted octanol–water partition coefficient (Wildman–Crippen LogP) is 9.48. The van der Waals surface area contributed by atoms with E-state index in [1.54, 1.807) is 0 Å². The van der Waals surface area contributed by atoms with E-state index in [1.807, 2.05) is 23.1 Å². The summed E-state index contributed by atoms with van der Waals surface area (Å²) in [5.74, 6) is 0. The van der Waals surface area contributed by atoms with Crippen molar-refractivity contribution in [2.45, 2.75) is 37.1 Å². The van der Waals surface area contributed by atoms with E-state index in [0.29, 0.717) is 0 Å². The summed E-state index contributed by atoms with van der Waals surface area (Å²) in [5.41, 5.74) is 5.45. The van der Waals surface area contributed by atoms with E-state index in [0.717, 1.165) is 38.8 Å². The third-order valence-electron chi connectivity index (χ3n) is 7.35. The zero-order valence-electron chi connectivity index (χ0n) is 23.2. The van der Waals surface area contributed by atoms with E-state index in [1.165, 1.54) is 42.0 Å². The van der Waals surface area contributed by atoms with Gasteiger partial charge in [0.15, 0.2) is 6.54 Å². The Kier molecular flexibility index (Phi) is 9.11. The van der Waals surface area contributed by atoms with Gasteiger partial charge in [-0.1, -0.05) is 126 Å². The van der Waals surface area contributed by atoms with Crippen LogP contribution < -0.4 is 9.47 Å². The molecular formula is C37H35N2S2+. The maximum atomic E-state index is 2.48. The van der Waals surface area contributed by atoms with Crippen LogP contribution in [0.3, 0.4) is 0 Å². The van der Waals surface area contributed by atoms with Gasteiger partial charge in [0.25, 0.3) is 5.01 Å². The molecule has 0 spiro atoms. The molecule has 2 heterocycles. The van der Waals surface area contributed by atoms with Crippen molar-refractivity contribution in [1.82, 2.24) is 0 Å². The number of hydrogen-bond donors (Lipinski definition) is 0. The van der Waals surface area contributed by atoms with Gasteiger partial charge < -0.3 is 4.90 Å². The molecule has 1 aromatic heterocycles. The highest BCUT2D eigenvalue weighted by atomic mass is 32.2. The summed E-state index contributed by atoms with van der Waals surface area (Å²) in [6.45, 7) is 2.03. The van der Waals surface area contributed by atoms with Gasteiger partial charge in [-0.25, -0.2) is 0 Å². The third kappa shape index (κ3) is 6.90. The number of anilines is 1. The highest BCUT2D eigenvalue weighted by Crippen LogP contribution is 2.45. The molecule has 4 aromatic carbocycles. The Morgan fingerprint density at radius 1 is 0.659 bits per heavy atom. The molecule has 0 radical (unpaired) electrons. The molecular weight excluding hydrogens is 537 g/mol. The Morgan fingerprint density at radius 2 is 1.34 bits per heavy atom. The lowest BCUT2D eigenvalue weighted by molar-refractivity contribution is -0.669. The van der Waals surface area contributed by atoms with Gasteiger partial charge in [-0.05, 0) is 54.7 Å². The lowest BCUT2D eigenvalue weighted by Crippen LogP contribution is -2.35. The smallest absolute Gasteiger partial charge is 0.262 e. The second-order valence-corrected chi connectivity index (χ2v) is 12.3. The summed E-state index contributed by atoms with van der Waals surface area (Å²) in [7, 11) is 0. The van der Waals surface area contributed by atoms with Crippen LogP contribution in [0.15, 0.2) is 143 Å². The van der Waals surface area contributed by atoms with Crippen LogP contribution in [-0.4, -0.2) is 6.54 Å². The van der Waals surface area contributed by atoms with Gasteiger partial charge in [0, 0.05) is 30.0 Å². The summed E-state index contributed by atoms with van der Waals surface area (Å²) in [6.07, 6.45) is 15.5. The molecule has 0 saturated carbocycles. The highest BCUT2D eigenvalue weighted by molar-refractivity contribution is 8.03. The number of para-hydroxylation sites is 2. The lowest BCUT2D eigenvalue weighted by Gasteiger charge is -2.20. The highest BCUT2D eigenvalue weighted by Gasteiger charge is 2.23. The fourth-order valence-electron chi connectivity index (χ4n) is 5.33. The van der Waals surface area contributed by atoms with E-state index in [-0.39, 0.29) is 0 Å². The summed E-state index contributed by atoms with van der Waals surface area (Å²) >= 11 is 3.73. The molecule has 1 aliphatic rings. The van der Waals surface area contributed by atoms with E-state index >= 15 is 0 Å². The zero-order chi connectivity index (χ0) is 27.7. The van der Waals surface area contributed by atoms with Crippen LogP contribution in [0.5, 0.6) is 0 Å². The van der Waals surface area contributed by atoms with E-state index in [2.05, 4.69) is 149 Å². The van der Waals surface area contributed by atoms with Crippen molar-refractivity contribution >= 4 is 45.1 Å². The second kappa shape index (κ2) is 13.7. The number of aryl methyl sites for hydroxylation is 3. The van der Waals surface area contributed by atoms with Gasteiger partial charge in [-0.15, -0.1) is 0 Å². The van der Waals surface area contributed by atoms with Gasteiger partial charge in [0.1, 0.15) is 4.70 Å². The van der Waals surface area contributed by atoms with Crippen LogP contribution in [0.1, 0.15) is 29.0 Å². The summed E-state index contributed by atoms with van der Waals surface area (Å²) < 4.78 is 3.81. The molecule has 0 amide bonds. The quantitative estimate of drug-likeness (QED) is 0.115. The fraction of sp³-hybridized carbons (Fsp3) is 0.162. The number of thiazole rings is 1. The number of rotatable bonds is 11. The largest absolute Gasteiger partial charge is 0.335 e. The van der Waals surface area contributed by atoms with Crippen molar-refractivity contribution in [3.05, 3.63) is 155 Å². The molecule has 0 N–H and O–H groups in total. The molecule has 0 fully saturated rings. The maximum Gasteiger partial charge on any atom is 0.262 e. The molecule has 0 unspecified atom stereocenters. The Balaban J connectivity index is 1.13. The van der Waals surface area contributed by atoms with Crippen molar-refractivity contribution in [3.63, 3.8) is 0 Å². The number of fused-ring (bicyclic) bond motifs is 2. The molecule has 0 saturated heterocycles. The van der Waals surface area contributed by atoms with E-state index in [4.69, 9.17) is 0 Å². The molecule has 2 nitrogen and oxygen atoms in total. The first-order chi connectivity index (χ1) is 20.3.